The normalized spacial score (nSPS) is 12.4. The molecule has 0 aliphatic rings. The van der Waals surface area contributed by atoms with Gasteiger partial charge in [0.15, 0.2) is 9.84 Å². The van der Waals surface area contributed by atoms with Crippen molar-refractivity contribution >= 4 is 21.7 Å². The van der Waals surface area contributed by atoms with Crippen LogP contribution in [0.15, 0.2) is 52.0 Å². The maximum absolute atomic E-state index is 13.0. The van der Waals surface area contributed by atoms with E-state index in [0.717, 1.165) is 5.56 Å². The van der Waals surface area contributed by atoms with Crippen LogP contribution in [0.2, 0.25) is 0 Å². The van der Waals surface area contributed by atoms with Crippen LogP contribution in [0.5, 0.6) is 0 Å². The van der Waals surface area contributed by atoms with Crippen molar-refractivity contribution in [1.82, 2.24) is 10.6 Å². The average molecular weight is 378 g/mol. The van der Waals surface area contributed by atoms with E-state index in [2.05, 4.69) is 10.6 Å². The molecule has 2 aromatic rings. The van der Waals surface area contributed by atoms with Gasteiger partial charge in [0.05, 0.1) is 11.2 Å². The Labute approximate surface area is 152 Å². The second-order valence-electron chi connectivity index (χ2n) is 5.90. The van der Waals surface area contributed by atoms with Gasteiger partial charge in [-0.05, 0) is 31.2 Å². The summed E-state index contributed by atoms with van der Waals surface area (Å²) >= 11 is 0. The van der Waals surface area contributed by atoms with Crippen LogP contribution >= 0.6 is 0 Å². The predicted octanol–water partition coefficient (Wildman–Crippen LogP) is 1.75. The molecule has 0 aliphatic heterocycles. The van der Waals surface area contributed by atoms with E-state index >= 15 is 0 Å². The molecular formula is C18H22N2O5S. The first-order valence-corrected chi connectivity index (χ1v) is 9.70. The van der Waals surface area contributed by atoms with Gasteiger partial charge in [-0.25, -0.2) is 8.42 Å². The van der Waals surface area contributed by atoms with Crippen LogP contribution in [0.25, 0.3) is 0 Å². The number of benzene rings is 1. The number of furan rings is 1. The summed E-state index contributed by atoms with van der Waals surface area (Å²) in [6.07, 6.45) is 1.46. The van der Waals surface area contributed by atoms with Crippen molar-refractivity contribution in [2.45, 2.75) is 30.4 Å². The fourth-order valence-corrected chi connectivity index (χ4v) is 3.96. The maximum Gasteiger partial charge on any atom is 0.221 e. The van der Waals surface area contributed by atoms with Crippen molar-refractivity contribution in [3.8, 4) is 0 Å². The van der Waals surface area contributed by atoms with Gasteiger partial charge in [-0.15, -0.1) is 0 Å². The van der Waals surface area contributed by atoms with E-state index in [1.54, 1.807) is 36.4 Å². The largest absolute Gasteiger partial charge is 0.468 e. The smallest absolute Gasteiger partial charge is 0.221 e. The van der Waals surface area contributed by atoms with E-state index in [0.29, 0.717) is 0 Å². The van der Waals surface area contributed by atoms with E-state index in [1.165, 1.54) is 13.2 Å². The molecule has 0 aliphatic carbocycles. The first-order valence-electron chi connectivity index (χ1n) is 8.16. The zero-order chi connectivity index (χ0) is 19.2. The molecule has 0 spiro atoms. The van der Waals surface area contributed by atoms with Gasteiger partial charge in [-0.1, -0.05) is 17.7 Å². The van der Waals surface area contributed by atoms with Gasteiger partial charge >= 0.3 is 0 Å². The molecular weight excluding hydrogens is 356 g/mol. The summed E-state index contributed by atoms with van der Waals surface area (Å²) in [4.78, 5) is 22.9. The van der Waals surface area contributed by atoms with E-state index in [4.69, 9.17) is 4.42 Å². The van der Waals surface area contributed by atoms with Crippen LogP contribution in [-0.4, -0.2) is 33.3 Å². The zero-order valence-corrected chi connectivity index (χ0v) is 15.5. The Balaban J connectivity index is 2.13. The summed E-state index contributed by atoms with van der Waals surface area (Å²) in [7, 11) is -3.75. The van der Waals surface area contributed by atoms with Crippen molar-refractivity contribution in [3.63, 3.8) is 0 Å². The molecule has 1 unspecified atom stereocenters. The van der Waals surface area contributed by atoms with Gasteiger partial charge in [0.25, 0.3) is 0 Å². The van der Waals surface area contributed by atoms with Gasteiger partial charge in [0.2, 0.25) is 11.8 Å². The third-order valence-corrected chi connectivity index (χ3v) is 5.87. The third kappa shape index (κ3) is 5.19. The third-order valence-electron chi connectivity index (χ3n) is 3.80. The van der Waals surface area contributed by atoms with Crippen molar-refractivity contribution in [1.29, 1.82) is 0 Å². The highest BCUT2D eigenvalue weighted by atomic mass is 32.2. The number of hydrogen-bond donors (Lipinski definition) is 2. The van der Waals surface area contributed by atoms with Crippen LogP contribution in [0.3, 0.4) is 0 Å². The number of aryl methyl sites for hydroxylation is 1. The molecule has 1 heterocycles. The highest BCUT2D eigenvalue weighted by Crippen LogP contribution is 2.29. The SMILES string of the molecule is CC(=O)NCCC(=O)NCC(c1ccco1)S(=O)(=O)c1ccc(C)cc1. The average Bonchev–Trinajstić information content (AvgIpc) is 3.09. The topological polar surface area (TPSA) is 105 Å². The molecule has 0 bridgehead atoms. The number of nitrogens with one attached hydrogen (secondary N) is 2. The molecule has 8 heteroatoms. The first kappa shape index (κ1) is 19.7. The number of hydrogen-bond acceptors (Lipinski definition) is 5. The van der Waals surface area contributed by atoms with Crippen molar-refractivity contribution < 1.29 is 22.4 Å². The maximum atomic E-state index is 13.0. The Hall–Kier alpha value is -2.61. The summed E-state index contributed by atoms with van der Waals surface area (Å²) in [6.45, 7) is 3.30. The van der Waals surface area contributed by atoms with Gasteiger partial charge in [-0.3, -0.25) is 9.59 Å². The standard InChI is InChI=1S/C18H22N2O5S/c1-13-5-7-15(8-6-13)26(23,24)17(16-4-3-11-25-16)12-20-18(22)9-10-19-14(2)21/h3-8,11,17H,9-10,12H2,1-2H3,(H,19,21)(H,20,22). The van der Waals surface area contributed by atoms with Crippen LogP contribution in [0.1, 0.15) is 29.9 Å². The van der Waals surface area contributed by atoms with E-state index in [-0.39, 0.29) is 42.0 Å². The molecule has 140 valence electrons. The molecule has 0 radical (unpaired) electrons. The van der Waals surface area contributed by atoms with Crippen LogP contribution in [-0.2, 0) is 19.4 Å². The summed E-state index contributed by atoms with van der Waals surface area (Å²) in [5.74, 6) is -0.324. The highest BCUT2D eigenvalue weighted by molar-refractivity contribution is 7.91. The molecule has 0 fully saturated rings. The Kier molecular flexibility index (Phi) is 6.57. The number of rotatable bonds is 8. The van der Waals surface area contributed by atoms with Crippen LogP contribution in [0, 0.1) is 6.92 Å². The van der Waals surface area contributed by atoms with Crippen LogP contribution < -0.4 is 10.6 Å². The minimum atomic E-state index is -3.75. The lowest BCUT2D eigenvalue weighted by molar-refractivity contribution is -0.121. The van der Waals surface area contributed by atoms with E-state index in [1.807, 2.05) is 6.92 Å². The molecule has 1 atom stereocenters. The number of sulfone groups is 1. The molecule has 1 aromatic heterocycles. The molecule has 1 aromatic carbocycles. The molecule has 2 rings (SSSR count). The van der Waals surface area contributed by atoms with Gasteiger partial charge in [0.1, 0.15) is 11.0 Å². The van der Waals surface area contributed by atoms with Crippen molar-refractivity contribution in [3.05, 3.63) is 54.0 Å². The Morgan fingerprint density at radius 1 is 1.12 bits per heavy atom. The minimum absolute atomic E-state index is 0.0645. The van der Waals surface area contributed by atoms with Gasteiger partial charge < -0.3 is 15.1 Å². The molecule has 2 amide bonds. The summed E-state index contributed by atoms with van der Waals surface area (Å²) in [6, 6.07) is 9.69. The molecule has 2 N–H and O–H groups in total. The lowest BCUT2D eigenvalue weighted by atomic mass is 10.2. The number of carbonyl (C=O) groups excluding carboxylic acids is 2. The molecule has 26 heavy (non-hydrogen) atoms. The molecule has 0 saturated carbocycles. The Morgan fingerprint density at radius 3 is 2.38 bits per heavy atom. The minimum Gasteiger partial charge on any atom is -0.468 e. The highest BCUT2D eigenvalue weighted by Gasteiger charge is 2.31. The summed E-state index contributed by atoms with van der Waals surface area (Å²) < 4.78 is 31.3. The van der Waals surface area contributed by atoms with Gasteiger partial charge in [-0.2, -0.15) is 0 Å². The monoisotopic (exact) mass is 378 g/mol. The second kappa shape index (κ2) is 8.66. The lowest BCUT2D eigenvalue weighted by Gasteiger charge is -2.17. The molecule has 7 nitrogen and oxygen atoms in total. The van der Waals surface area contributed by atoms with E-state index in [9.17, 15) is 18.0 Å². The second-order valence-corrected chi connectivity index (χ2v) is 8.03. The Morgan fingerprint density at radius 2 is 1.81 bits per heavy atom. The first-order chi connectivity index (χ1) is 12.3. The molecule has 0 saturated heterocycles. The number of amides is 2. The number of carbonyl (C=O) groups is 2. The quantitative estimate of drug-likeness (QED) is 0.728. The van der Waals surface area contributed by atoms with E-state index < -0.39 is 15.1 Å². The zero-order valence-electron chi connectivity index (χ0n) is 14.7. The summed E-state index contributed by atoms with van der Waals surface area (Å²) in [5.41, 5.74) is 0.949. The van der Waals surface area contributed by atoms with Crippen LogP contribution in [0.4, 0.5) is 0 Å². The summed E-state index contributed by atoms with van der Waals surface area (Å²) in [5, 5.41) is 4.08. The lowest BCUT2D eigenvalue weighted by Crippen LogP contribution is -2.34. The Bertz CT molecular complexity index is 842. The fourth-order valence-electron chi connectivity index (χ4n) is 2.38. The predicted molar refractivity (Wildman–Crippen MR) is 96.1 cm³/mol. The van der Waals surface area contributed by atoms with Crippen molar-refractivity contribution in [2.24, 2.45) is 0 Å². The van der Waals surface area contributed by atoms with Gasteiger partial charge in [0, 0.05) is 26.4 Å². The fraction of sp³-hybridized carbons (Fsp3) is 0.333. The van der Waals surface area contributed by atoms with Crippen molar-refractivity contribution in [2.75, 3.05) is 13.1 Å².